The molecule has 6 rings (SSSR count). The number of morpholine rings is 1. The third kappa shape index (κ3) is 6.80. The summed E-state index contributed by atoms with van der Waals surface area (Å²) in [6, 6.07) is 13.8. The van der Waals surface area contributed by atoms with Gasteiger partial charge in [0.1, 0.15) is 11.3 Å². The van der Waals surface area contributed by atoms with Crippen LogP contribution in [0, 0.1) is 6.92 Å². The van der Waals surface area contributed by atoms with Crippen molar-refractivity contribution in [2.75, 3.05) is 71.0 Å². The summed E-state index contributed by atoms with van der Waals surface area (Å²) in [6.45, 7) is 17.1. The number of unbranched alkanes of at least 4 members (excludes halogenated alkanes) is 2. The maximum atomic E-state index is 5.57. The molecule has 7 heteroatoms. The Balaban J connectivity index is 1.42. The molecule has 2 saturated heterocycles. The number of benzene rings is 2. The molecule has 44 heavy (non-hydrogen) atoms. The predicted molar refractivity (Wildman–Crippen MR) is 184 cm³/mol. The minimum atomic E-state index is 0.866. The average Bonchev–Trinajstić information content (AvgIpc) is 3.40. The first-order valence-corrected chi connectivity index (χ1v) is 17.2. The molecule has 0 bridgehead atoms. The van der Waals surface area contributed by atoms with E-state index in [9.17, 15) is 0 Å². The molecule has 4 heterocycles. The number of pyridine rings is 1. The Morgan fingerprint density at radius 1 is 0.795 bits per heavy atom. The second-order valence-electron chi connectivity index (χ2n) is 13.0. The number of aryl methyl sites for hydroxylation is 4. The first-order valence-electron chi connectivity index (χ1n) is 17.2. The van der Waals surface area contributed by atoms with Crippen molar-refractivity contribution in [3.63, 3.8) is 0 Å². The normalized spacial score (nSPS) is 16.9. The highest BCUT2D eigenvalue weighted by Crippen LogP contribution is 2.37. The number of piperazine rings is 1. The molecule has 2 aliphatic heterocycles. The number of imidazole rings is 1. The number of aromatic nitrogens is 3. The molecule has 0 saturated carbocycles. The summed E-state index contributed by atoms with van der Waals surface area (Å²) < 4.78 is 8.15. The molecule has 0 unspecified atom stereocenters. The fraction of sp³-hybridized carbons (Fsp3) is 0.568. The van der Waals surface area contributed by atoms with Crippen molar-refractivity contribution in [1.82, 2.24) is 24.3 Å². The van der Waals surface area contributed by atoms with Gasteiger partial charge in [0.15, 0.2) is 0 Å². The second-order valence-corrected chi connectivity index (χ2v) is 13.0. The van der Waals surface area contributed by atoms with Crippen LogP contribution in [0.15, 0.2) is 36.4 Å². The summed E-state index contributed by atoms with van der Waals surface area (Å²) in [5.74, 6) is 1.21. The largest absolute Gasteiger partial charge is 0.379 e. The fourth-order valence-corrected chi connectivity index (χ4v) is 7.04. The molecular formula is C37H52N6O. The topological polar surface area (TPSA) is 49.7 Å². The van der Waals surface area contributed by atoms with Gasteiger partial charge < -0.3 is 19.1 Å². The highest BCUT2D eigenvalue weighted by atomic mass is 16.5. The van der Waals surface area contributed by atoms with Crippen molar-refractivity contribution in [1.29, 1.82) is 0 Å². The minimum absolute atomic E-state index is 0.866. The van der Waals surface area contributed by atoms with E-state index < -0.39 is 0 Å². The Morgan fingerprint density at radius 3 is 2.27 bits per heavy atom. The van der Waals surface area contributed by atoms with Gasteiger partial charge in [-0.25, -0.2) is 9.97 Å². The van der Waals surface area contributed by atoms with Crippen molar-refractivity contribution in [3.8, 4) is 11.3 Å². The molecule has 236 valence electrons. The Kier molecular flexibility index (Phi) is 10.1. The van der Waals surface area contributed by atoms with Gasteiger partial charge in [-0.2, -0.15) is 0 Å². The van der Waals surface area contributed by atoms with Crippen molar-refractivity contribution >= 4 is 27.6 Å². The zero-order valence-corrected chi connectivity index (χ0v) is 27.6. The number of hydrogen-bond acceptors (Lipinski definition) is 6. The second kappa shape index (κ2) is 14.4. The minimum Gasteiger partial charge on any atom is -0.379 e. The first kappa shape index (κ1) is 31.0. The monoisotopic (exact) mass is 596 g/mol. The Hall–Kier alpha value is -3.00. The molecule has 0 amide bonds. The van der Waals surface area contributed by atoms with E-state index in [1.807, 2.05) is 0 Å². The van der Waals surface area contributed by atoms with E-state index in [-0.39, 0.29) is 0 Å². The summed E-state index contributed by atoms with van der Waals surface area (Å²) in [6.07, 6.45) is 7.86. The van der Waals surface area contributed by atoms with E-state index in [0.29, 0.717) is 0 Å². The van der Waals surface area contributed by atoms with Gasteiger partial charge in [0.25, 0.3) is 0 Å². The van der Waals surface area contributed by atoms with Crippen LogP contribution in [0.5, 0.6) is 0 Å². The van der Waals surface area contributed by atoms with Crippen LogP contribution >= 0.6 is 0 Å². The number of rotatable bonds is 12. The van der Waals surface area contributed by atoms with E-state index in [1.165, 1.54) is 52.8 Å². The summed E-state index contributed by atoms with van der Waals surface area (Å²) in [7, 11) is 2.21. The molecule has 0 radical (unpaired) electrons. The van der Waals surface area contributed by atoms with Gasteiger partial charge in [-0.1, -0.05) is 38.5 Å². The lowest BCUT2D eigenvalue weighted by Crippen LogP contribution is -2.44. The quantitative estimate of drug-likeness (QED) is 0.169. The van der Waals surface area contributed by atoms with Crippen molar-refractivity contribution in [3.05, 3.63) is 53.3 Å². The number of ether oxygens (including phenoxy) is 1. The summed E-state index contributed by atoms with van der Waals surface area (Å²) in [4.78, 5) is 18.3. The molecular weight excluding hydrogens is 544 g/mol. The van der Waals surface area contributed by atoms with Crippen LogP contribution in [0.25, 0.3) is 33.2 Å². The highest BCUT2D eigenvalue weighted by molar-refractivity contribution is 6.09. The summed E-state index contributed by atoms with van der Waals surface area (Å²) in [5, 5.41) is 1.32. The standard InChI is InChI=1S/C37H52N6O/c1-5-7-11-30-26-28(3)27-32-34(30)37-36(35(38-32)29-12-14-31(15-13-29)42-20-18-40(4)19-21-42)39-33(10-6-2)43(37)17-9-8-16-41-22-24-44-25-23-41/h12-15,26-27H,5-11,16-25H2,1-4H3. The Morgan fingerprint density at radius 2 is 1.55 bits per heavy atom. The molecule has 2 fully saturated rings. The molecule has 0 spiro atoms. The summed E-state index contributed by atoms with van der Waals surface area (Å²) >= 11 is 0. The van der Waals surface area contributed by atoms with Crippen LogP contribution in [0.4, 0.5) is 5.69 Å². The maximum Gasteiger partial charge on any atom is 0.116 e. The molecule has 0 N–H and O–H groups in total. The van der Waals surface area contributed by atoms with Crippen LogP contribution in [-0.4, -0.2) is 90.4 Å². The average molecular weight is 597 g/mol. The van der Waals surface area contributed by atoms with Gasteiger partial charge in [-0.3, -0.25) is 4.90 Å². The van der Waals surface area contributed by atoms with Crippen LogP contribution in [0.1, 0.15) is 62.9 Å². The van der Waals surface area contributed by atoms with Crippen molar-refractivity contribution in [2.45, 2.75) is 72.3 Å². The summed E-state index contributed by atoms with van der Waals surface area (Å²) in [5.41, 5.74) is 9.68. The third-order valence-electron chi connectivity index (χ3n) is 9.58. The first-order chi connectivity index (χ1) is 21.6. The lowest BCUT2D eigenvalue weighted by molar-refractivity contribution is 0.0371. The van der Waals surface area contributed by atoms with Gasteiger partial charge in [0.2, 0.25) is 0 Å². The van der Waals surface area contributed by atoms with Crippen LogP contribution in [0.3, 0.4) is 0 Å². The van der Waals surface area contributed by atoms with Crippen LogP contribution in [0.2, 0.25) is 0 Å². The SMILES string of the molecule is CCCCc1cc(C)cc2nc(-c3ccc(N4CCN(C)CC4)cc3)c3nc(CCC)n(CCCCN4CCOCC4)c3c12. The third-order valence-corrected chi connectivity index (χ3v) is 9.58. The van der Waals surface area contributed by atoms with Crippen molar-refractivity contribution in [2.24, 2.45) is 0 Å². The van der Waals surface area contributed by atoms with E-state index in [2.05, 4.69) is 83.5 Å². The Bertz CT molecular complexity index is 1530. The maximum absolute atomic E-state index is 5.57. The van der Waals surface area contributed by atoms with Gasteiger partial charge >= 0.3 is 0 Å². The molecule has 7 nitrogen and oxygen atoms in total. The smallest absolute Gasteiger partial charge is 0.116 e. The molecule has 2 aromatic carbocycles. The van der Waals surface area contributed by atoms with Crippen molar-refractivity contribution < 1.29 is 4.74 Å². The van der Waals surface area contributed by atoms with Gasteiger partial charge in [-0.05, 0) is 81.9 Å². The molecule has 0 aliphatic carbocycles. The fourth-order valence-electron chi connectivity index (χ4n) is 7.04. The predicted octanol–water partition coefficient (Wildman–Crippen LogP) is 6.72. The van der Waals surface area contributed by atoms with Gasteiger partial charge in [-0.15, -0.1) is 0 Å². The molecule has 2 aromatic heterocycles. The van der Waals surface area contributed by atoms with Crippen LogP contribution in [-0.2, 0) is 24.1 Å². The number of fused-ring (bicyclic) bond motifs is 3. The molecule has 4 aromatic rings. The number of hydrogen-bond donors (Lipinski definition) is 0. The molecule has 2 aliphatic rings. The van der Waals surface area contributed by atoms with Crippen LogP contribution < -0.4 is 4.90 Å². The number of likely N-dealkylation sites (N-methyl/N-ethyl adjacent to an activating group) is 1. The lowest BCUT2D eigenvalue weighted by atomic mass is 9.97. The number of nitrogens with zero attached hydrogens (tertiary/aromatic N) is 6. The van der Waals surface area contributed by atoms with E-state index in [1.54, 1.807) is 0 Å². The van der Waals surface area contributed by atoms with E-state index in [4.69, 9.17) is 14.7 Å². The Labute approximate surface area is 264 Å². The number of anilines is 1. The van der Waals surface area contributed by atoms with Gasteiger partial charge in [0.05, 0.1) is 29.9 Å². The highest BCUT2D eigenvalue weighted by Gasteiger charge is 2.22. The van der Waals surface area contributed by atoms with E-state index >= 15 is 0 Å². The molecule has 0 atom stereocenters. The van der Waals surface area contributed by atoms with Gasteiger partial charge in [0, 0.05) is 68.9 Å². The lowest BCUT2D eigenvalue weighted by Gasteiger charge is -2.34. The zero-order valence-electron chi connectivity index (χ0n) is 27.6. The zero-order chi connectivity index (χ0) is 30.5. The van der Waals surface area contributed by atoms with E-state index in [0.717, 1.165) is 114 Å².